The summed E-state index contributed by atoms with van der Waals surface area (Å²) in [4.78, 5) is 0. The molecular weight excluding hydrogens is 290 g/mol. The second-order valence-electron chi connectivity index (χ2n) is 4.20. The molecule has 0 bridgehead atoms. The van der Waals surface area contributed by atoms with Crippen molar-refractivity contribution in [3.63, 3.8) is 0 Å². The molecule has 0 amide bonds. The first-order valence-electron chi connectivity index (χ1n) is 5.36. The van der Waals surface area contributed by atoms with Crippen LogP contribution in [0.4, 0.5) is 8.78 Å². The number of nitrogens with zero attached hydrogens (tertiary/aromatic N) is 1. The second-order valence-corrected chi connectivity index (χ2v) is 4.99. The number of benzene rings is 1. The highest BCUT2D eigenvalue weighted by Gasteiger charge is 2.29. The number of nitrogens with one attached hydrogen (secondary N) is 1. The molecule has 0 radical (unpaired) electrons. The summed E-state index contributed by atoms with van der Waals surface area (Å²) >= 11 is 3.43. The third-order valence-corrected chi connectivity index (χ3v) is 3.71. The molecule has 1 fully saturated rings. The largest absolute Gasteiger partial charge is 0.280 e. The van der Waals surface area contributed by atoms with Crippen molar-refractivity contribution in [1.29, 1.82) is 0 Å². The Kier molecular flexibility index (Phi) is 2.50. The van der Waals surface area contributed by atoms with Gasteiger partial charge in [-0.2, -0.15) is 5.10 Å². The second kappa shape index (κ2) is 3.91. The van der Waals surface area contributed by atoms with Gasteiger partial charge in [-0.15, -0.1) is 0 Å². The molecule has 17 heavy (non-hydrogen) atoms. The van der Waals surface area contributed by atoms with E-state index in [1.807, 2.05) is 0 Å². The van der Waals surface area contributed by atoms with Crippen molar-refractivity contribution in [2.75, 3.05) is 0 Å². The lowest BCUT2D eigenvalue weighted by molar-refractivity contribution is 0.585. The average Bonchev–Trinajstić information content (AvgIpc) is 3.04. The van der Waals surface area contributed by atoms with Gasteiger partial charge in [0.05, 0.1) is 10.2 Å². The molecule has 1 aliphatic carbocycles. The van der Waals surface area contributed by atoms with Gasteiger partial charge in [0, 0.05) is 17.5 Å². The minimum Gasteiger partial charge on any atom is -0.280 e. The summed E-state index contributed by atoms with van der Waals surface area (Å²) in [5, 5.41) is 7.02. The van der Waals surface area contributed by atoms with Crippen LogP contribution in [0.3, 0.4) is 0 Å². The fourth-order valence-electron chi connectivity index (χ4n) is 1.84. The summed E-state index contributed by atoms with van der Waals surface area (Å²) in [6.45, 7) is 0. The predicted octanol–water partition coefficient (Wildman–Crippen LogP) is 3.99. The van der Waals surface area contributed by atoms with E-state index in [9.17, 15) is 8.78 Å². The van der Waals surface area contributed by atoms with Crippen LogP contribution in [0.15, 0.2) is 22.7 Å². The van der Waals surface area contributed by atoms with Crippen molar-refractivity contribution in [1.82, 2.24) is 10.2 Å². The van der Waals surface area contributed by atoms with Crippen LogP contribution in [0, 0.1) is 11.6 Å². The highest BCUT2D eigenvalue weighted by molar-refractivity contribution is 9.10. The van der Waals surface area contributed by atoms with Gasteiger partial charge in [0.25, 0.3) is 0 Å². The molecule has 5 heteroatoms. The van der Waals surface area contributed by atoms with E-state index < -0.39 is 11.6 Å². The Balaban J connectivity index is 2.08. The number of halogens is 3. The molecule has 1 aromatic carbocycles. The Morgan fingerprint density at radius 2 is 2.06 bits per heavy atom. The van der Waals surface area contributed by atoms with Gasteiger partial charge in [0.1, 0.15) is 17.3 Å². The van der Waals surface area contributed by atoms with Crippen LogP contribution in [-0.2, 0) is 0 Å². The van der Waals surface area contributed by atoms with Crippen LogP contribution in [0.25, 0.3) is 11.3 Å². The van der Waals surface area contributed by atoms with Crippen molar-refractivity contribution in [2.45, 2.75) is 18.8 Å². The van der Waals surface area contributed by atoms with Crippen molar-refractivity contribution < 1.29 is 8.78 Å². The minimum atomic E-state index is -0.598. The Morgan fingerprint density at radius 1 is 1.29 bits per heavy atom. The molecule has 0 aliphatic heterocycles. The van der Waals surface area contributed by atoms with Crippen LogP contribution in [0.5, 0.6) is 0 Å². The number of H-pyrrole nitrogens is 1. The van der Waals surface area contributed by atoms with Gasteiger partial charge in [0.2, 0.25) is 0 Å². The molecule has 1 N–H and O–H groups in total. The quantitative estimate of drug-likeness (QED) is 0.892. The normalized spacial score (nSPS) is 15.2. The fourth-order valence-corrected chi connectivity index (χ4v) is 2.56. The van der Waals surface area contributed by atoms with E-state index in [-0.39, 0.29) is 0 Å². The third-order valence-electron chi connectivity index (χ3n) is 2.90. The smallest absolute Gasteiger partial charge is 0.135 e. The minimum absolute atomic E-state index is 0.307. The summed E-state index contributed by atoms with van der Waals surface area (Å²) < 4.78 is 27.2. The van der Waals surface area contributed by atoms with Crippen molar-refractivity contribution in [2.24, 2.45) is 0 Å². The topological polar surface area (TPSA) is 28.7 Å². The maximum atomic E-state index is 13.6. The lowest BCUT2D eigenvalue weighted by atomic mass is 10.1. The average molecular weight is 299 g/mol. The highest BCUT2D eigenvalue weighted by atomic mass is 79.9. The van der Waals surface area contributed by atoms with E-state index in [1.54, 1.807) is 0 Å². The van der Waals surface area contributed by atoms with E-state index in [2.05, 4.69) is 26.1 Å². The van der Waals surface area contributed by atoms with Crippen LogP contribution in [-0.4, -0.2) is 10.2 Å². The van der Waals surface area contributed by atoms with Gasteiger partial charge in [-0.1, -0.05) is 0 Å². The Hall–Kier alpha value is -1.23. The summed E-state index contributed by atoms with van der Waals surface area (Å²) in [5.74, 6) is -0.686. The van der Waals surface area contributed by atoms with Crippen molar-refractivity contribution in [3.8, 4) is 11.3 Å². The van der Waals surface area contributed by atoms with Crippen LogP contribution >= 0.6 is 15.9 Å². The van der Waals surface area contributed by atoms with Gasteiger partial charge in [-0.25, -0.2) is 8.78 Å². The number of aromatic nitrogens is 2. The number of hydrogen-bond acceptors (Lipinski definition) is 1. The zero-order valence-corrected chi connectivity index (χ0v) is 10.4. The van der Waals surface area contributed by atoms with Gasteiger partial charge < -0.3 is 0 Å². The molecule has 1 aliphatic rings. The molecule has 2 nitrogen and oxygen atoms in total. The SMILES string of the molecule is Fc1ccc(-c2n[nH]c(C3CC3)c2Br)c(F)c1. The van der Waals surface area contributed by atoms with Crippen LogP contribution in [0.2, 0.25) is 0 Å². The van der Waals surface area contributed by atoms with Crippen LogP contribution < -0.4 is 0 Å². The first-order valence-corrected chi connectivity index (χ1v) is 6.15. The summed E-state index contributed by atoms with van der Waals surface area (Å²) in [7, 11) is 0. The molecule has 1 aromatic heterocycles. The van der Waals surface area contributed by atoms with Gasteiger partial charge in [0.15, 0.2) is 0 Å². The molecule has 0 unspecified atom stereocenters. The van der Waals surface area contributed by atoms with E-state index >= 15 is 0 Å². The van der Waals surface area contributed by atoms with Gasteiger partial charge >= 0.3 is 0 Å². The first-order chi connectivity index (χ1) is 8.16. The van der Waals surface area contributed by atoms with Gasteiger partial charge in [-0.3, -0.25) is 5.10 Å². The third kappa shape index (κ3) is 1.88. The van der Waals surface area contributed by atoms with Crippen molar-refractivity contribution >= 4 is 15.9 Å². The first kappa shape index (κ1) is 10.9. The summed E-state index contributed by atoms with van der Waals surface area (Å²) in [6.07, 6.45) is 2.26. The Bertz CT molecular complexity index is 576. The zero-order chi connectivity index (χ0) is 12.0. The number of aromatic amines is 1. The number of rotatable bonds is 2. The molecule has 3 rings (SSSR count). The van der Waals surface area contributed by atoms with E-state index in [0.29, 0.717) is 17.2 Å². The maximum absolute atomic E-state index is 13.6. The predicted molar refractivity (Wildman–Crippen MR) is 63.6 cm³/mol. The lowest BCUT2D eigenvalue weighted by Gasteiger charge is -2.00. The molecule has 0 saturated heterocycles. The summed E-state index contributed by atoms with van der Waals surface area (Å²) in [5.41, 5.74) is 1.81. The molecule has 0 atom stereocenters. The molecule has 2 aromatic rings. The fraction of sp³-hybridized carbons (Fsp3) is 0.250. The standard InChI is InChI=1S/C12H9BrF2N2/c13-10-11(6-1-2-6)16-17-12(10)8-4-3-7(14)5-9(8)15/h3-6H,1-2H2,(H,16,17). The molecule has 1 saturated carbocycles. The monoisotopic (exact) mass is 298 g/mol. The molecule has 88 valence electrons. The number of hydrogen-bond donors (Lipinski definition) is 1. The Morgan fingerprint density at radius 3 is 2.71 bits per heavy atom. The summed E-state index contributed by atoms with van der Waals surface area (Å²) in [6, 6.07) is 3.51. The van der Waals surface area contributed by atoms with E-state index in [4.69, 9.17) is 0 Å². The van der Waals surface area contributed by atoms with Crippen LogP contribution in [0.1, 0.15) is 24.5 Å². The molecular formula is C12H9BrF2N2. The lowest BCUT2D eigenvalue weighted by Crippen LogP contribution is -1.87. The molecule has 1 heterocycles. The van der Waals surface area contributed by atoms with E-state index in [0.717, 1.165) is 29.1 Å². The zero-order valence-electron chi connectivity index (χ0n) is 8.80. The van der Waals surface area contributed by atoms with Crippen molar-refractivity contribution in [3.05, 3.63) is 40.0 Å². The highest BCUT2D eigenvalue weighted by Crippen LogP contribution is 2.44. The maximum Gasteiger partial charge on any atom is 0.135 e. The Labute approximate surface area is 105 Å². The van der Waals surface area contributed by atoms with E-state index in [1.165, 1.54) is 12.1 Å². The molecule has 0 spiro atoms. The van der Waals surface area contributed by atoms with Gasteiger partial charge in [-0.05, 0) is 40.9 Å².